The van der Waals surface area contributed by atoms with Gasteiger partial charge in [0.1, 0.15) is 19.3 Å². The van der Waals surface area contributed by atoms with E-state index in [2.05, 4.69) is 92.1 Å². The van der Waals surface area contributed by atoms with Gasteiger partial charge in [0.15, 0.2) is 11.9 Å². The van der Waals surface area contributed by atoms with E-state index in [1.54, 1.807) is 13.8 Å². The van der Waals surface area contributed by atoms with Gasteiger partial charge in [-0.15, -0.1) is 0 Å². The molecule has 1 saturated heterocycles. The van der Waals surface area contributed by atoms with E-state index >= 15 is 0 Å². The van der Waals surface area contributed by atoms with Crippen LogP contribution < -0.4 is 5.32 Å². The van der Waals surface area contributed by atoms with Crippen LogP contribution in [0.4, 0.5) is 0 Å². The number of esters is 3. The zero-order valence-electron chi connectivity index (χ0n) is 38.9. The van der Waals surface area contributed by atoms with Crippen molar-refractivity contribution in [1.29, 1.82) is 0 Å². The summed E-state index contributed by atoms with van der Waals surface area (Å²) < 4.78 is 28.1. The lowest BCUT2D eigenvalue weighted by Crippen LogP contribution is -2.56. The van der Waals surface area contributed by atoms with E-state index in [4.69, 9.17) is 23.7 Å². The molecule has 0 aromatic rings. The molecule has 2 atom stereocenters. The Labute approximate surface area is 370 Å². The van der Waals surface area contributed by atoms with Crippen molar-refractivity contribution in [1.82, 2.24) is 5.32 Å². The number of allylic oxidation sites excluding steroid dienone is 12. The number of ether oxygens (including phenoxy) is 5. The summed E-state index contributed by atoms with van der Waals surface area (Å²) in [5.41, 5.74) is -0.545. The van der Waals surface area contributed by atoms with Gasteiger partial charge in [-0.1, -0.05) is 139 Å². The van der Waals surface area contributed by atoms with Crippen LogP contribution in [0, 0.1) is 5.41 Å². The Morgan fingerprint density at radius 2 is 1.00 bits per heavy atom. The molecule has 0 spiro atoms. The number of amides is 1. The molecule has 1 amide bonds. The summed E-state index contributed by atoms with van der Waals surface area (Å²) in [6, 6.07) is 0. The minimum atomic E-state index is -0.926. The molecule has 0 aromatic heterocycles. The Hall–Kier alpha value is -3.76. The van der Waals surface area contributed by atoms with Crippen molar-refractivity contribution < 1.29 is 42.9 Å². The molecule has 346 valence electrons. The molecule has 1 heterocycles. The van der Waals surface area contributed by atoms with E-state index in [1.807, 2.05) is 13.8 Å². The predicted molar refractivity (Wildman–Crippen MR) is 247 cm³/mol. The number of nitrogens with one attached hydrogen (secondary N) is 1. The molecule has 0 aliphatic carbocycles. The number of hydrogen-bond acceptors (Lipinski definition) is 9. The zero-order valence-corrected chi connectivity index (χ0v) is 38.9. The van der Waals surface area contributed by atoms with Gasteiger partial charge in [-0.05, 0) is 90.9 Å². The fraction of sp³-hybridized carbons (Fsp3) is 0.686. The number of hydrogen-bond donors (Lipinski definition) is 1. The lowest BCUT2D eigenvalue weighted by atomic mass is 9.85. The molecule has 1 N–H and O–H groups in total. The van der Waals surface area contributed by atoms with E-state index in [9.17, 15) is 19.2 Å². The lowest BCUT2D eigenvalue weighted by molar-refractivity contribution is -0.304. The Morgan fingerprint density at radius 3 is 1.51 bits per heavy atom. The summed E-state index contributed by atoms with van der Waals surface area (Å²) >= 11 is 0. The van der Waals surface area contributed by atoms with Crippen molar-refractivity contribution >= 4 is 23.8 Å². The first-order valence-electron chi connectivity index (χ1n) is 23.4. The SMILES string of the molecule is CC/C=C\C/C=C\C/C=C\CCCCCCCC(=O)OCC(COC(=O)CCNC(=O)[C@@H]1OC(C)(C)OCC1(C)C)OC(=O)CCCCCCC/C=C\C/C=C\C/C=C\CC. The standard InChI is InChI=1S/C51H83NO9/c1-7-9-11-13-15-17-19-21-23-25-27-29-31-33-35-37-45(53)57-41-44(42-58-46(54)39-40-52-49(56)48-50(3,4)43-59-51(5,6)61-48)60-47(55)38-36-34-32-30-28-26-24-22-20-18-16-14-12-10-8-2/h9-12,15-18,21-24,44,48H,7-8,13-14,19-20,25-43H2,1-6H3,(H,52,56)/b11-9-,12-10-,17-15-,18-16-,23-21-,24-22-/t44?,48-/m0/s1. The highest BCUT2D eigenvalue weighted by atomic mass is 16.7. The highest BCUT2D eigenvalue weighted by molar-refractivity contribution is 5.82. The van der Waals surface area contributed by atoms with Crippen molar-refractivity contribution in [2.45, 2.75) is 194 Å². The van der Waals surface area contributed by atoms with E-state index in [0.29, 0.717) is 13.0 Å². The smallest absolute Gasteiger partial charge is 0.307 e. The summed E-state index contributed by atoms with van der Waals surface area (Å²) in [4.78, 5) is 51.0. The molecule has 1 fully saturated rings. The van der Waals surface area contributed by atoms with Crippen molar-refractivity contribution in [3.05, 3.63) is 72.9 Å². The molecular formula is C51H83NO9. The lowest BCUT2D eigenvalue weighted by Gasteiger charge is -2.44. The quantitative estimate of drug-likeness (QED) is 0.0287. The van der Waals surface area contributed by atoms with E-state index < -0.39 is 35.3 Å². The number of carbonyl (C=O) groups excluding carboxylic acids is 4. The largest absolute Gasteiger partial charge is 0.462 e. The van der Waals surface area contributed by atoms with Crippen LogP contribution in [0.1, 0.15) is 176 Å². The van der Waals surface area contributed by atoms with Crippen LogP contribution in [0.15, 0.2) is 72.9 Å². The van der Waals surface area contributed by atoms with Gasteiger partial charge in [-0.2, -0.15) is 0 Å². The minimum Gasteiger partial charge on any atom is -0.462 e. The molecule has 0 bridgehead atoms. The van der Waals surface area contributed by atoms with Crippen LogP contribution in [0.3, 0.4) is 0 Å². The molecule has 1 rings (SSSR count). The average molecular weight is 854 g/mol. The number of unbranched alkanes of at least 4 members (excludes halogenated alkanes) is 10. The predicted octanol–water partition coefficient (Wildman–Crippen LogP) is 11.8. The van der Waals surface area contributed by atoms with Crippen LogP contribution in [-0.4, -0.2) is 68.2 Å². The molecule has 0 radical (unpaired) electrons. The average Bonchev–Trinajstić information content (AvgIpc) is 3.22. The summed E-state index contributed by atoms with van der Waals surface area (Å²) in [6.45, 7) is 11.5. The third kappa shape index (κ3) is 31.7. The zero-order chi connectivity index (χ0) is 44.9. The van der Waals surface area contributed by atoms with Crippen molar-refractivity contribution in [2.24, 2.45) is 5.41 Å². The van der Waals surface area contributed by atoms with E-state index in [1.165, 1.54) is 0 Å². The molecular weight excluding hydrogens is 771 g/mol. The molecule has 10 nitrogen and oxygen atoms in total. The normalized spacial score (nSPS) is 17.0. The van der Waals surface area contributed by atoms with Gasteiger partial charge >= 0.3 is 17.9 Å². The monoisotopic (exact) mass is 854 g/mol. The minimum absolute atomic E-state index is 0.0465. The fourth-order valence-corrected chi connectivity index (χ4v) is 6.36. The number of carbonyl (C=O) groups is 4. The van der Waals surface area contributed by atoms with E-state index in [0.717, 1.165) is 109 Å². The molecule has 10 heteroatoms. The molecule has 0 saturated carbocycles. The summed E-state index contributed by atoms with van der Waals surface area (Å²) in [5, 5.41) is 2.76. The van der Waals surface area contributed by atoms with Gasteiger partial charge in [0.05, 0.1) is 13.0 Å². The topological polar surface area (TPSA) is 126 Å². The first-order valence-corrected chi connectivity index (χ1v) is 23.4. The van der Waals surface area contributed by atoms with Gasteiger partial charge < -0.3 is 29.0 Å². The highest BCUT2D eigenvalue weighted by Gasteiger charge is 2.45. The first kappa shape index (κ1) is 55.3. The van der Waals surface area contributed by atoms with Crippen molar-refractivity contribution in [3.63, 3.8) is 0 Å². The second-order valence-corrected chi connectivity index (χ2v) is 16.9. The summed E-state index contributed by atoms with van der Waals surface area (Å²) in [6.07, 6.45) is 43.1. The third-order valence-electron chi connectivity index (χ3n) is 9.99. The molecule has 1 aliphatic heterocycles. The molecule has 1 unspecified atom stereocenters. The Bertz CT molecular complexity index is 1370. The third-order valence-corrected chi connectivity index (χ3v) is 9.99. The Kier molecular flexibility index (Phi) is 32.4. The fourth-order valence-electron chi connectivity index (χ4n) is 6.36. The maximum absolute atomic E-state index is 12.9. The van der Waals surface area contributed by atoms with Crippen LogP contribution >= 0.6 is 0 Å². The van der Waals surface area contributed by atoms with Gasteiger partial charge in [0.25, 0.3) is 0 Å². The highest BCUT2D eigenvalue weighted by Crippen LogP contribution is 2.34. The van der Waals surface area contributed by atoms with Crippen LogP contribution in [0.5, 0.6) is 0 Å². The van der Waals surface area contributed by atoms with Gasteiger partial charge in [0.2, 0.25) is 5.91 Å². The van der Waals surface area contributed by atoms with Gasteiger partial charge in [0, 0.05) is 24.8 Å². The van der Waals surface area contributed by atoms with Crippen molar-refractivity contribution in [2.75, 3.05) is 26.4 Å². The van der Waals surface area contributed by atoms with Gasteiger partial charge in [-0.3, -0.25) is 19.2 Å². The molecule has 1 aliphatic rings. The van der Waals surface area contributed by atoms with E-state index in [-0.39, 0.29) is 50.9 Å². The van der Waals surface area contributed by atoms with Crippen LogP contribution in [0.25, 0.3) is 0 Å². The summed E-state index contributed by atoms with van der Waals surface area (Å²) in [5.74, 6) is -2.59. The summed E-state index contributed by atoms with van der Waals surface area (Å²) in [7, 11) is 0. The van der Waals surface area contributed by atoms with Gasteiger partial charge in [-0.25, -0.2) is 0 Å². The molecule has 0 aromatic carbocycles. The Balaban J connectivity index is 2.45. The maximum Gasteiger partial charge on any atom is 0.307 e. The second-order valence-electron chi connectivity index (χ2n) is 16.9. The Morgan fingerprint density at radius 1 is 0.574 bits per heavy atom. The van der Waals surface area contributed by atoms with Crippen LogP contribution in [0.2, 0.25) is 0 Å². The maximum atomic E-state index is 12.9. The van der Waals surface area contributed by atoms with Crippen LogP contribution in [-0.2, 0) is 42.9 Å². The second kappa shape index (κ2) is 35.8. The van der Waals surface area contributed by atoms with Crippen molar-refractivity contribution in [3.8, 4) is 0 Å². The molecule has 61 heavy (non-hydrogen) atoms. The number of rotatable bonds is 35. The first-order chi connectivity index (χ1) is 29.4.